The molecule has 4 heteroatoms. The van der Waals surface area contributed by atoms with Crippen molar-refractivity contribution in [2.75, 3.05) is 6.54 Å². The van der Waals surface area contributed by atoms with Crippen molar-refractivity contribution < 1.29 is 4.79 Å². The summed E-state index contributed by atoms with van der Waals surface area (Å²) >= 11 is 6.07. The lowest BCUT2D eigenvalue weighted by Crippen LogP contribution is -2.34. The fourth-order valence-corrected chi connectivity index (χ4v) is 1.79. The highest BCUT2D eigenvalue weighted by molar-refractivity contribution is 6.32. The van der Waals surface area contributed by atoms with Gasteiger partial charge in [-0.05, 0) is 38.0 Å². The maximum atomic E-state index is 12.0. The molecule has 3 N–H and O–H groups in total. The molecule has 0 radical (unpaired) electrons. The first-order valence-corrected chi connectivity index (χ1v) is 6.23. The number of rotatable bonds is 2. The quantitative estimate of drug-likeness (QED) is 0.801. The van der Waals surface area contributed by atoms with Crippen LogP contribution in [0.15, 0.2) is 18.2 Å². The lowest BCUT2D eigenvalue weighted by Gasteiger charge is -2.11. The van der Waals surface area contributed by atoms with E-state index in [-0.39, 0.29) is 18.0 Å². The van der Waals surface area contributed by atoms with Crippen LogP contribution < -0.4 is 11.1 Å². The zero-order valence-electron chi connectivity index (χ0n) is 10.2. The monoisotopic (exact) mass is 262 g/mol. The van der Waals surface area contributed by atoms with Crippen LogP contribution in [0.4, 0.5) is 0 Å². The van der Waals surface area contributed by atoms with Crippen LogP contribution in [-0.4, -0.2) is 18.0 Å². The van der Waals surface area contributed by atoms with Crippen LogP contribution in [0.1, 0.15) is 35.7 Å². The number of hydrogen-bond acceptors (Lipinski definition) is 2. The number of nitrogens with two attached hydrogens (primary N) is 1. The maximum absolute atomic E-state index is 12.0. The molecule has 18 heavy (non-hydrogen) atoms. The summed E-state index contributed by atoms with van der Waals surface area (Å²) in [6.45, 7) is 2.32. The van der Waals surface area contributed by atoms with Gasteiger partial charge in [0.2, 0.25) is 0 Å². The van der Waals surface area contributed by atoms with Crippen molar-refractivity contribution in [2.45, 2.75) is 25.3 Å². The normalized spacial score (nSPS) is 15.5. The molecule has 0 unspecified atom stereocenters. The lowest BCUT2D eigenvalue weighted by atomic mass is 10.1. The first kappa shape index (κ1) is 12.9. The summed E-state index contributed by atoms with van der Waals surface area (Å²) in [7, 11) is 0. The highest BCUT2D eigenvalue weighted by atomic mass is 35.5. The molecule has 1 saturated carbocycles. The zero-order chi connectivity index (χ0) is 13.2. The molecule has 0 atom stereocenters. The molecule has 1 amide bonds. The second-order valence-corrected chi connectivity index (χ2v) is 5.12. The van der Waals surface area contributed by atoms with Crippen molar-refractivity contribution in [3.8, 4) is 11.8 Å². The van der Waals surface area contributed by atoms with Crippen LogP contribution in [-0.2, 0) is 0 Å². The van der Waals surface area contributed by atoms with Gasteiger partial charge in [0.15, 0.2) is 0 Å². The first-order valence-electron chi connectivity index (χ1n) is 5.85. The minimum absolute atomic E-state index is 0.0262. The molecule has 1 aliphatic rings. The fraction of sp³-hybridized carbons (Fsp3) is 0.357. The van der Waals surface area contributed by atoms with Crippen LogP contribution in [0, 0.1) is 11.8 Å². The van der Waals surface area contributed by atoms with Gasteiger partial charge in [0.1, 0.15) is 0 Å². The second-order valence-electron chi connectivity index (χ2n) is 4.72. The van der Waals surface area contributed by atoms with E-state index in [1.54, 1.807) is 18.2 Å². The minimum atomic E-state index is -0.0877. The van der Waals surface area contributed by atoms with Crippen molar-refractivity contribution in [1.29, 1.82) is 0 Å². The summed E-state index contributed by atoms with van der Waals surface area (Å²) in [6, 6.07) is 5.12. The third-order valence-electron chi connectivity index (χ3n) is 2.97. The van der Waals surface area contributed by atoms with Crippen LogP contribution in [0.5, 0.6) is 0 Å². The van der Waals surface area contributed by atoms with Crippen molar-refractivity contribution in [2.24, 2.45) is 5.73 Å². The molecular formula is C14H15ClN2O. The molecule has 0 heterocycles. The number of carbonyl (C=O) groups excluding carboxylic acids is 1. The number of amides is 1. The molecule has 0 saturated heterocycles. The lowest BCUT2D eigenvalue weighted by molar-refractivity contribution is 0.0935. The zero-order valence-corrected chi connectivity index (χ0v) is 11.0. The Balaban J connectivity index is 2.15. The molecule has 0 spiro atoms. The molecule has 1 fully saturated rings. The summed E-state index contributed by atoms with van der Waals surface area (Å²) in [6.07, 6.45) is 2.07. The highest BCUT2D eigenvalue weighted by Crippen LogP contribution is 2.34. The van der Waals surface area contributed by atoms with Crippen molar-refractivity contribution in [3.05, 3.63) is 34.3 Å². The van der Waals surface area contributed by atoms with Gasteiger partial charge in [0.25, 0.3) is 5.91 Å². The average molecular weight is 263 g/mol. The molecular weight excluding hydrogens is 248 g/mol. The van der Waals surface area contributed by atoms with Crippen molar-refractivity contribution in [3.63, 3.8) is 0 Å². The fourth-order valence-electron chi connectivity index (χ4n) is 1.56. The highest BCUT2D eigenvalue weighted by Gasteiger charge is 2.38. The third-order valence-corrected chi connectivity index (χ3v) is 3.28. The Hall–Kier alpha value is -1.50. The number of hydrogen-bond donors (Lipinski definition) is 2. The van der Waals surface area contributed by atoms with E-state index in [4.69, 9.17) is 17.3 Å². The number of benzene rings is 1. The van der Waals surface area contributed by atoms with E-state index in [0.717, 1.165) is 12.8 Å². The smallest absolute Gasteiger partial charge is 0.251 e. The van der Waals surface area contributed by atoms with Crippen LogP contribution in [0.3, 0.4) is 0 Å². The van der Waals surface area contributed by atoms with Crippen LogP contribution in [0.25, 0.3) is 0 Å². The third kappa shape index (κ3) is 3.04. The molecule has 1 aromatic rings. The molecule has 1 aromatic carbocycles. The van der Waals surface area contributed by atoms with Gasteiger partial charge in [-0.25, -0.2) is 0 Å². The van der Waals surface area contributed by atoms with Gasteiger partial charge in [0.05, 0.1) is 11.6 Å². The van der Waals surface area contributed by atoms with E-state index < -0.39 is 0 Å². The van der Waals surface area contributed by atoms with Gasteiger partial charge < -0.3 is 11.1 Å². The maximum Gasteiger partial charge on any atom is 0.251 e. The Morgan fingerprint density at radius 1 is 1.56 bits per heavy atom. The predicted molar refractivity (Wildman–Crippen MR) is 72.5 cm³/mol. The minimum Gasteiger partial charge on any atom is -0.347 e. The van der Waals surface area contributed by atoms with Crippen LogP contribution in [0.2, 0.25) is 5.02 Å². The Bertz CT molecular complexity index is 538. The topological polar surface area (TPSA) is 55.1 Å². The number of nitrogens with one attached hydrogen (secondary N) is 1. The summed E-state index contributed by atoms with van der Waals surface area (Å²) in [4.78, 5) is 12.0. The molecule has 1 aliphatic carbocycles. The molecule has 3 nitrogen and oxygen atoms in total. The first-order chi connectivity index (χ1) is 8.54. The summed E-state index contributed by atoms with van der Waals surface area (Å²) in [5, 5.41) is 3.46. The van der Waals surface area contributed by atoms with Crippen molar-refractivity contribution in [1.82, 2.24) is 5.32 Å². The molecule has 94 valence electrons. The largest absolute Gasteiger partial charge is 0.347 e. The van der Waals surface area contributed by atoms with Gasteiger partial charge in [-0.15, -0.1) is 0 Å². The predicted octanol–water partition coefficient (Wildman–Crippen LogP) is 1.93. The Morgan fingerprint density at radius 2 is 2.28 bits per heavy atom. The molecule has 0 aliphatic heterocycles. The Labute approximate surface area is 112 Å². The van der Waals surface area contributed by atoms with E-state index in [2.05, 4.69) is 17.2 Å². The standard InChI is InChI=1S/C14H15ClN2O/c1-14(6-7-14)17-13(18)11-5-4-10(3-2-8-16)12(15)9-11/h4-5,9H,6-8,16H2,1H3,(H,17,18). The SMILES string of the molecule is CC1(NC(=O)c2ccc(C#CCN)c(Cl)c2)CC1. The van der Waals surface area contributed by atoms with E-state index in [1.165, 1.54) is 0 Å². The number of carbonyl (C=O) groups is 1. The Kier molecular flexibility index (Phi) is 3.60. The summed E-state index contributed by atoms with van der Waals surface area (Å²) in [5.74, 6) is 5.51. The van der Waals surface area contributed by atoms with Gasteiger partial charge in [-0.1, -0.05) is 23.4 Å². The van der Waals surface area contributed by atoms with E-state index in [9.17, 15) is 4.79 Å². The molecule has 2 rings (SSSR count). The van der Waals surface area contributed by atoms with Gasteiger partial charge in [-0.3, -0.25) is 4.79 Å². The van der Waals surface area contributed by atoms with Crippen LogP contribution >= 0.6 is 11.6 Å². The van der Waals surface area contributed by atoms with E-state index in [0.29, 0.717) is 16.1 Å². The van der Waals surface area contributed by atoms with Gasteiger partial charge >= 0.3 is 0 Å². The Morgan fingerprint density at radius 3 is 2.83 bits per heavy atom. The summed E-state index contributed by atoms with van der Waals surface area (Å²) in [5.41, 5.74) is 6.53. The summed E-state index contributed by atoms with van der Waals surface area (Å²) < 4.78 is 0. The van der Waals surface area contributed by atoms with E-state index >= 15 is 0 Å². The van der Waals surface area contributed by atoms with Gasteiger partial charge in [-0.2, -0.15) is 0 Å². The number of halogens is 1. The second kappa shape index (κ2) is 5.01. The average Bonchev–Trinajstić information content (AvgIpc) is 3.05. The molecule has 0 aromatic heterocycles. The van der Waals surface area contributed by atoms with E-state index in [1.807, 2.05) is 6.92 Å². The van der Waals surface area contributed by atoms with Gasteiger partial charge in [0, 0.05) is 16.7 Å². The van der Waals surface area contributed by atoms with Crippen molar-refractivity contribution >= 4 is 17.5 Å². The molecule has 0 bridgehead atoms.